The quantitative estimate of drug-likeness (QED) is 0.0468. The number of phenols is 1. The summed E-state index contributed by atoms with van der Waals surface area (Å²) in [6, 6.07) is 0.897. The number of aromatic hydroxyl groups is 1. The third-order valence-corrected chi connectivity index (χ3v) is 6.22. The van der Waals surface area contributed by atoms with Crippen LogP contribution in [0.3, 0.4) is 0 Å². The van der Waals surface area contributed by atoms with E-state index in [2.05, 4.69) is 30.9 Å². The average Bonchev–Trinajstić information content (AvgIpc) is 3.46. The van der Waals surface area contributed by atoms with Gasteiger partial charge in [0, 0.05) is 37.7 Å². The average molecular weight is 603 g/mol. The lowest BCUT2D eigenvalue weighted by atomic mass is 10.0. The lowest BCUT2D eigenvalue weighted by Crippen LogP contribution is -2.57. The molecule has 1 heterocycles. The topological polar surface area (TPSA) is 307 Å². The molecule has 0 spiro atoms. The number of primary amides is 1. The van der Waals surface area contributed by atoms with Gasteiger partial charge in [0.15, 0.2) is 5.96 Å². The molecule has 0 bridgehead atoms. The van der Waals surface area contributed by atoms with Gasteiger partial charge in [0.05, 0.1) is 12.4 Å². The Morgan fingerprint density at radius 1 is 0.884 bits per heavy atom. The first-order valence-corrected chi connectivity index (χ1v) is 13.3. The zero-order valence-corrected chi connectivity index (χ0v) is 23.4. The number of guanidine groups is 1. The van der Waals surface area contributed by atoms with Crippen molar-refractivity contribution in [3.05, 3.63) is 48.0 Å². The Kier molecular flexibility index (Phi) is 13.4. The van der Waals surface area contributed by atoms with E-state index in [0.29, 0.717) is 11.3 Å². The van der Waals surface area contributed by atoms with Crippen LogP contribution in [0.5, 0.6) is 5.75 Å². The highest BCUT2D eigenvalue weighted by Crippen LogP contribution is 2.12. The Balaban J connectivity index is 2.26. The second kappa shape index (κ2) is 16.9. The summed E-state index contributed by atoms with van der Waals surface area (Å²) in [5.74, 6) is -4.44. The molecule has 0 saturated heterocycles. The van der Waals surface area contributed by atoms with Crippen LogP contribution in [0, 0.1) is 0 Å². The number of H-pyrrole nitrogens is 1. The number of benzene rings is 1. The largest absolute Gasteiger partial charge is 0.508 e. The molecule has 17 heteroatoms. The minimum absolute atomic E-state index is 0.0112. The molecule has 0 saturated carbocycles. The standard InChI is InChI=1S/C26H38N10O7/c27-17(7-8-21(28)38)22(39)35-19(10-14-3-5-16(37)6-4-14)24(41)34-18(2-1-9-32-26(29)30)23(40)36-20(25(42)43)11-15-12-31-13-33-15/h3-6,12-13,17-20,37H,1-2,7-11,27H2,(H2,28,38)(H,31,33)(H,34,41)(H,35,39)(H,36,40)(H,42,43)(H4,29,30,32). The molecule has 14 N–H and O–H groups in total. The number of aliphatic carboxylic acids is 1. The van der Waals surface area contributed by atoms with Gasteiger partial charge in [-0.05, 0) is 37.0 Å². The monoisotopic (exact) mass is 602 g/mol. The molecular formula is C26H38N10O7. The summed E-state index contributed by atoms with van der Waals surface area (Å²) in [4.78, 5) is 73.0. The Hall–Kier alpha value is -5.19. The number of imidazole rings is 1. The van der Waals surface area contributed by atoms with Crippen molar-refractivity contribution in [1.82, 2.24) is 25.9 Å². The Bertz CT molecular complexity index is 1260. The Labute approximate surface area is 246 Å². The first-order valence-electron chi connectivity index (χ1n) is 13.3. The number of hydrogen-bond donors (Lipinski definition) is 10. The van der Waals surface area contributed by atoms with Gasteiger partial charge < -0.3 is 54.1 Å². The summed E-state index contributed by atoms with van der Waals surface area (Å²) in [5.41, 5.74) is 22.7. The number of rotatable bonds is 18. The van der Waals surface area contributed by atoms with Crippen LogP contribution in [0.1, 0.15) is 36.9 Å². The molecule has 2 aromatic rings. The molecule has 1 aromatic carbocycles. The molecule has 0 aliphatic carbocycles. The molecule has 234 valence electrons. The highest BCUT2D eigenvalue weighted by Gasteiger charge is 2.30. The molecule has 0 aliphatic rings. The Morgan fingerprint density at radius 3 is 2.09 bits per heavy atom. The summed E-state index contributed by atoms with van der Waals surface area (Å²) < 4.78 is 0. The number of hydrogen-bond acceptors (Lipinski definition) is 9. The Morgan fingerprint density at radius 2 is 1.51 bits per heavy atom. The predicted octanol–water partition coefficient (Wildman–Crippen LogP) is -2.91. The third kappa shape index (κ3) is 12.5. The second-order valence-electron chi connectivity index (χ2n) is 9.73. The van der Waals surface area contributed by atoms with Crippen molar-refractivity contribution in [3.8, 4) is 5.75 Å². The van der Waals surface area contributed by atoms with Gasteiger partial charge in [-0.1, -0.05) is 12.1 Å². The lowest BCUT2D eigenvalue weighted by Gasteiger charge is -2.25. The molecule has 4 unspecified atom stereocenters. The summed E-state index contributed by atoms with van der Waals surface area (Å²) in [6.07, 6.45) is 2.68. The fraction of sp³-hybridized carbons (Fsp3) is 0.423. The number of carboxylic acids is 1. The molecule has 0 radical (unpaired) electrons. The van der Waals surface area contributed by atoms with Crippen LogP contribution in [0.2, 0.25) is 0 Å². The van der Waals surface area contributed by atoms with Crippen molar-refractivity contribution in [2.24, 2.45) is 27.9 Å². The van der Waals surface area contributed by atoms with Crippen LogP contribution in [0.15, 0.2) is 41.8 Å². The van der Waals surface area contributed by atoms with Crippen LogP contribution in [0.4, 0.5) is 0 Å². The van der Waals surface area contributed by atoms with E-state index in [0.717, 1.165) is 0 Å². The number of phenolic OH excluding ortho intramolecular Hbond substituents is 1. The highest BCUT2D eigenvalue weighted by molar-refractivity contribution is 5.94. The van der Waals surface area contributed by atoms with Crippen molar-refractivity contribution in [1.29, 1.82) is 0 Å². The number of nitrogens with two attached hydrogens (primary N) is 4. The number of nitrogens with zero attached hydrogens (tertiary/aromatic N) is 2. The number of amides is 4. The van der Waals surface area contributed by atoms with Crippen LogP contribution in [-0.2, 0) is 36.8 Å². The number of carbonyl (C=O) groups excluding carboxylic acids is 4. The van der Waals surface area contributed by atoms with Crippen molar-refractivity contribution < 1.29 is 34.2 Å². The SMILES string of the molecule is NC(=O)CCC(N)C(=O)NC(Cc1ccc(O)cc1)C(=O)NC(CCCN=C(N)N)C(=O)NC(Cc1cnc[nH]1)C(=O)O. The third-order valence-electron chi connectivity index (χ3n) is 6.22. The first kappa shape index (κ1) is 34.0. The molecular weight excluding hydrogens is 564 g/mol. The number of aromatic nitrogens is 2. The number of aliphatic imine (C=N–C) groups is 1. The van der Waals surface area contributed by atoms with Crippen LogP contribution in [-0.4, -0.2) is 86.5 Å². The van der Waals surface area contributed by atoms with E-state index in [1.54, 1.807) is 12.1 Å². The summed E-state index contributed by atoms with van der Waals surface area (Å²) in [7, 11) is 0. The van der Waals surface area contributed by atoms with Gasteiger partial charge in [-0.2, -0.15) is 0 Å². The minimum Gasteiger partial charge on any atom is -0.508 e. The molecule has 0 fully saturated rings. The zero-order valence-electron chi connectivity index (χ0n) is 23.4. The molecule has 17 nitrogen and oxygen atoms in total. The summed E-state index contributed by atoms with van der Waals surface area (Å²) >= 11 is 0. The first-order chi connectivity index (χ1) is 20.3. The summed E-state index contributed by atoms with van der Waals surface area (Å²) in [5, 5.41) is 26.8. The van der Waals surface area contributed by atoms with Crippen molar-refractivity contribution in [2.75, 3.05) is 6.54 Å². The van der Waals surface area contributed by atoms with E-state index in [-0.39, 0.29) is 56.8 Å². The molecule has 1 aromatic heterocycles. The maximum atomic E-state index is 13.5. The predicted molar refractivity (Wildman–Crippen MR) is 154 cm³/mol. The summed E-state index contributed by atoms with van der Waals surface area (Å²) in [6.45, 7) is 0.126. The van der Waals surface area contributed by atoms with E-state index in [1.165, 1.54) is 24.7 Å². The maximum Gasteiger partial charge on any atom is 0.326 e. The van der Waals surface area contributed by atoms with E-state index >= 15 is 0 Å². The maximum absolute atomic E-state index is 13.5. The van der Waals surface area contributed by atoms with Crippen LogP contribution >= 0.6 is 0 Å². The van der Waals surface area contributed by atoms with Crippen LogP contribution in [0.25, 0.3) is 0 Å². The normalized spacial score (nSPS) is 13.5. The lowest BCUT2D eigenvalue weighted by molar-refractivity contribution is -0.142. The fourth-order valence-electron chi connectivity index (χ4n) is 3.92. The minimum atomic E-state index is -1.35. The van der Waals surface area contributed by atoms with E-state index in [4.69, 9.17) is 22.9 Å². The molecule has 4 atom stereocenters. The number of nitrogens with one attached hydrogen (secondary N) is 4. The molecule has 43 heavy (non-hydrogen) atoms. The fourth-order valence-corrected chi connectivity index (χ4v) is 3.92. The highest BCUT2D eigenvalue weighted by atomic mass is 16.4. The van der Waals surface area contributed by atoms with Gasteiger partial charge in [-0.15, -0.1) is 0 Å². The van der Waals surface area contributed by atoms with Gasteiger partial charge in [0.25, 0.3) is 0 Å². The van der Waals surface area contributed by atoms with E-state index in [1.807, 2.05) is 0 Å². The number of aromatic amines is 1. The van der Waals surface area contributed by atoms with Gasteiger partial charge in [-0.3, -0.25) is 24.2 Å². The van der Waals surface area contributed by atoms with Gasteiger partial charge in [0.1, 0.15) is 23.9 Å². The van der Waals surface area contributed by atoms with Crippen LogP contribution < -0.4 is 38.9 Å². The van der Waals surface area contributed by atoms with Crippen molar-refractivity contribution in [3.63, 3.8) is 0 Å². The van der Waals surface area contributed by atoms with Gasteiger partial charge >= 0.3 is 5.97 Å². The molecule has 2 rings (SSSR count). The smallest absolute Gasteiger partial charge is 0.326 e. The van der Waals surface area contributed by atoms with Gasteiger partial charge in [-0.25, -0.2) is 9.78 Å². The zero-order chi connectivity index (χ0) is 31.9. The van der Waals surface area contributed by atoms with Gasteiger partial charge in [0.2, 0.25) is 23.6 Å². The van der Waals surface area contributed by atoms with E-state index < -0.39 is 53.8 Å². The van der Waals surface area contributed by atoms with E-state index in [9.17, 15) is 34.2 Å². The second-order valence-corrected chi connectivity index (χ2v) is 9.73. The van der Waals surface area contributed by atoms with Crippen molar-refractivity contribution >= 4 is 35.6 Å². The number of carboxylic acid groups (broad SMARTS) is 1. The molecule has 4 amide bonds. The van der Waals surface area contributed by atoms with Crippen molar-refractivity contribution in [2.45, 2.75) is 62.7 Å². The number of carbonyl (C=O) groups is 5. The molecule has 0 aliphatic heterocycles.